The number of aromatic amines is 1. The molecular weight excluding hydrogens is 452 g/mol. The number of hydrogen-bond acceptors (Lipinski definition) is 6. The molecule has 0 unspecified atom stereocenters. The summed E-state index contributed by atoms with van der Waals surface area (Å²) in [5.74, 6) is -0.818. The highest BCUT2D eigenvalue weighted by Gasteiger charge is 2.32. The minimum absolute atomic E-state index is 0.0443. The molecule has 0 fully saturated rings. The highest BCUT2D eigenvalue weighted by molar-refractivity contribution is 5.91. The Labute approximate surface area is 189 Å². The van der Waals surface area contributed by atoms with Gasteiger partial charge >= 0.3 is 6.36 Å². The standard InChI is InChI=1S/C23H14F4N6O/c24-17-8-7-13(10-16(17)14-4-1-2-6-18(14)34-23(25,26)27)33-21-15(5-3-9-28-21)19-20-22(31-11-29-19)32-12-30-20/h1-12H,(H,28,33)(H,29,30,31,32). The number of nitrogens with zero attached hydrogens (tertiary/aromatic N) is 4. The average Bonchev–Trinajstić information content (AvgIpc) is 3.29. The van der Waals surface area contributed by atoms with Crippen LogP contribution in [0.15, 0.2) is 73.4 Å². The smallest absolute Gasteiger partial charge is 0.405 e. The van der Waals surface area contributed by atoms with Crippen LogP contribution in [0.3, 0.4) is 0 Å². The number of benzene rings is 2. The number of H-pyrrole nitrogens is 1. The predicted molar refractivity (Wildman–Crippen MR) is 117 cm³/mol. The number of imidazole rings is 1. The van der Waals surface area contributed by atoms with Gasteiger partial charge in [0.25, 0.3) is 0 Å². The van der Waals surface area contributed by atoms with Crippen molar-refractivity contribution in [2.45, 2.75) is 6.36 Å². The Bertz CT molecular complexity index is 1480. The molecule has 2 aromatic carbocycles. The lowest BCUT2D eigenvalue weighted by molar-refractivity contribution is -0.274. The number of fused-ring (bicyclic) bond motifs is 1. The summed E-state index contributed by atoms with van der Waals surface area (Å²) in [6, 6.07) is 12.9. The van der Waals surface area contributed by atoms with Gasteiger partial charge in [-0.1, -0.05) is 18.2 Å². The topological polar surface area (TPSA) is 88.6 Å². The summed E-state index contributed by atoms with van der Waals surface area (Å²) in [5.41, 5.74) is 2.53. The molecule has 3 heterocycles. The van der Waals surface area contributed by atoms with Crippen LogP contribution in [0.25, 0.3) is 33.5 Å². The highest BCUT2D eigenvalue weighted by atomic mass is 19.4. The molecule has 11 heteroatoms. The number of halogens is 4. The van der Waals surface area contributed by atoms with E-state index in [1.807, 2.05) is 0 Å². The van der Waals surface area contributed by atoms with Gasteiger partial charge in [-0.05, 0) is 36.4 Å². The Morgan fingerprint density at radius 1 is 0.853 bits per heavy atom. The number of pyridine rings is 1. The Balaban J connectivity index is 1.55. The van der Waals surface area contributed by atoms with E-state index in [2.05, 4.69) is 35.0 Å². The average molecular weight is 466 g/mol. The molecule has 2 N–H and O–H groups in total. The summed E-state index contributed by atoms with van der Waals surface area (Å²) in [5, 5.41) is 3.10. The molecule has 0 aliphatic carbocycles. The lowest BCUT2D eigenvalue weighted by Gasteiger charge is -2.15. The maximum atomic E-state index is 14.7. The lowest BCUT2D eigenvalue weighted by atomic mass is 10.0. The van der Waals surface area contributed by atoms with Crippen molar-refractivity contribution in [2.24, 2.45) is 0 Å². The van der Waals surface area contributed by atoms with Crippen LogP contribution in [0.5, 0.6) is 5.75 Å². The van der Waals surface area contributed by atoms with Crippen molar-refractivity contribution in [2.75, 3.05) is 5.32 Å². The second-order valence-electron chi connectivity index (χ2n) is 7.09. The number of hydrogen-bond donors (Lipinski definition) is 2. The summed E-state index contributed by atoms with van der Waals surface area (Å²) in [7, 11) is 0. The van der Waals surface area contributed by atoms with Crippen LogP contribution in [0.4, 0.5) is 29.1 Å². The van der Waals surface area contributed by atoms with Crippen LogP contribution in [0.2, 0.25) is 0 Å². The molecular formula is C23H14F4N6O. The lowest BCUT2D eigenvalue weighted by Crippen LogP contribution is -2.17. The first kappa shape index (κ1) is 21.3. The molecule has 3 aromatic heterocycles. The van der Waals surface area contributed by atoms with Gasteiger partial charge in [-0.2, -0.15) is 0 Å². The van der Waals surface area contributed by atoms with Gasteiger partial charge in [0, 0.05) is 28.6 Å². The maximum Gasteiger partial charge on any atom is 0.573 e. The molecule has 0 radical (unpaired) electrons. The fourth-order valence-electron chi connectivity index (χ4n) is 3.51. The van der Waals surface area contributed by atoms with Crippen LogP contribution in [0, 0.1) is 5.82 Å². The third-order valence-corrected chi connectivity index (χ3v) is 4.92. The number of anilines is 2. The predicted octanol–water partition coefficient (Wildman–Crippen LogP) is 5.86. The molecule has 0 saturated carbocycles. The van der Waals surface area contributed by atoms with Gasteiger partial charge in [0.15, 0.2) is 5.65 Å². The summed E-state index contributed by atoms with van der Waals surface area (Å²) in [6.07, 6.45) is -0.475. The minimum atomic E-state index is -4.92. The van der Waals surface area contributed by atoms with Gasteiger partial charge in [-0.15, -0.1) is 13.2 Å². The van der Waals surface area contributed by atoms with Crippen LogP contribution >= 0.6 is 0 Å². The van der Waals surface area contributed by atoms with E-state index in [-0.39, 0.29) is 11.1 Å². The summed E-state index contributed by atoms with van der Waals surface area (Å²) in [6.45, 7) is 0. The molecule has 0 aliphatic heterocycles. The monoisotopic (exact) mass is 466 g/mol. The van der Waals surface area contributed by atoms with Crippen molar-refractivity contribution in [3.63, 3.8) is 0 Å². The number of rotatable bonds is 5. The van der Waals surface area contributed by atoms with E-state index in [1.165, 1.54) is 43.0 Å². The van der Waals surface area contributed by atoms with Crippen molar-refractivity contribution >= 4 is 22.7 Å². The number of ether oxygens (including phenoxy) is 1. The third-order valence-electron chi connectivity index (χ3n) is 4.92. The van der Waals surface area contributed by atoms with Gasteiger partial charge in [-0.3, -0.25) is 0 Å². The van der Waals surface area contributed by atoms with Crippen LogP contribution in [-0.2, 0) is 0 Å². The van der Waals surface area contributed by atoms with Crippen molar-refractivity contribution in [3.8, 4) is 28.1 Å². The molecule has 7 nitrogen and oxygen atoms in total. The first-order valence-corrected chi connectivity index (χ1v) is 9.90. The molecule has 170 valence electrons. The summed E-state index contributed by atoms with van der Waals surface area (Å²) in [4.78, 5) is 19.9. The first-order valence-electron chi connectivity index (χ1n) is 9.90. The van der Waals surface area contributed by atoms with E-state index in [4.69, 9.17) is 0 Å². The molecule has 5 aromatic rings. The Kier molecular flexibility index (Phi) is 5.28. The van der Waals surface area contributed by atoms with Gasteiger partial charge < -0.3 is 15.0 Å². The van der Waals surface area contributed by atoms with E-state index in [9.17, 15) is 17.6 Å². The molecule has 0 spiro atoms. The van der Waals surface area contributed by atoms with Crippen molar-refractivity contribution in [3.05, 3.63) is 79.3 Å². The molecule has 5 rings (SSSR count). The minimum Gasteiger partial charge on any atom is -0.405 e. The Morgan fingerprint density at radius 3 is 2.53 bits per heavy atom. The Hall–Kier alpha value is -4.54. The van der Waals surface area contributed by atoms with E-state index in [0.717, 1.165) is 12.1 Å². The first-order chi connectivity index (χ1) is 16.4. The number of para-hydroxylation sites is 1. The quantitative estimate of drug-likeness (QED) is 0.315. The maximum absolute atomic E-state index is 14.7. The van der Waals surface area contributed by atoms with Gasteiger partial charge in [0.2, 0.25) is 0 Å². The molecule has 34 heavy (non-hydrogen) atoms. The van der Waals surface area contributed by atoms with Crippen LogP contribution in [-0.4, -0.2) is 31.3 Å². The van der Waals surface area contributed by atoms with Gasteiger partial charge in [0.1, 0.15) is 34.9 Å². The molecule has 0 bridgehead atoms. The summed E-state index contributed by atoms with van der Waals surface area (Å²) >= 11 is 0. The van der Waals surface area contributed by atoms with Gasteiger partial charge in [0.05, 0.1) is 6.33 Å². The van der Waals surface area contributed by atoms with Gasteiger partial charge in [-0.25, -0.2) is 24.3 Å². The normalized spacial score (nSPS) is 11.5. The van der Waals surface area contributed by atoms with Crippen molar-refractivity contribution in [1.29, 1.82) is 0 Å². The SMILES string of the molecule is Fc1ccc(Nc2ncccc2-c2ncnc3nc[nH]c23)cc1-c1ccccc1OC(F)(F)F. The zero-order valence-corrected chi connectivity index (χ0v) is 17.1. The second-order valence-corrected chi connectivity index (χ2v) is 7.09. The van der Waals surface area contributed by atoms with Crippen LogP contribution in [0.1, 0.15) is 0 Å². The fraction of sp³-hybridized carbons (Fsp3) is 0.0435. The van der Waals surface area contributed by atoms with E-state index >= 15 is 0 Å². The number of alkyl halides is 3. The molecule has 0 saturated heterocycles. The third kappa shape index (κ3) is 4.22. The fourth-order valence-corrected chi connectivity index (χ4v) is 3.51. The second kappa shape index (κ2) is 8.43. The number of nitrogens with one attached hydrogen (secondary N) is 2. The largest absolute Gasteiger partial charge is 0.573 e. The summed E-state index contributed by atoms with van der Waals surface area (Å²) < 4.78 is 57.3. The van der Waals surface area contributed by atoms with Crippen molar-refractivity contribution in [1.82, 2.24) is 24.9 Å². The zero-order valence-electron chi connectivity index (χ0n) is 17.1. The van der Waals surface area contributed by atoms with Crippen molar-refractivity contribution < 1.29 is 22.3 Å². The van der Waals surface area contributed by atoms with E-state index in [1.54, 1.807) is 18.3 Å². The molecule has 0 aliphatic rings. The number of aromatic nitrogens is 5. The van der Waals surface area contributed by atoms with E-state index in [0.29, 0.717) is 33.9 Å². The zero-order chi connectivity index (χ0) is 23.7. The van der Waals surface area contributed by atoms with E-state index < -0.39 is 17.9 Å². The Morgan fingerprint density at radius 2 is 1.68 bits per heavy atom. The molecule has 0 amide bonds. The van der Waals surface area contributed by atoms with Crippen LogP contribution < -0.4 is 10.1 Å². The molecule has 0 atom stereocenters. The highest BCUT2D eigenvalue weighted by Crippen LogP contribution is 2.37.